The zero-order chi connectivity index (χ0) is 16.3. The van der Waals surface area contributed by atoms with Gasteiger partial charge in [-0.25, -0.2) is 0 Å². The van der Waals surface area contributed by atoms with Gasteiger partial charge in [-0.3, -0.25) is 9.36 Å². The van der Waals surface area contributed by atoms with E-state index in [1.54, 1.807) is 37.3 Å². The van der Waals surface area contributed by atoms with E-state index in [1.165, 1.54) is 18.2 Å². The predicted molar refractivity (Wildman–Crippen MR) is 83.1 cm³/mol. The summed E-state index contributed by atoms with van der Waals surface area (Å²) in [5, 5.41) is 9.90. The van der Waals surface area contributed by atoms with E-state index < -0.39 is 13.3 Å². The minimum atomic E-state index is -4.42. The van der Waals surface area contributed by atoms with Crippen LogP contribution in [0.5, 0.6) is 5.75 Å². The molecule has 0 aliphatic heterocycles. The van der Waals surface area contributed by atoms with Crippen LogP contribution in [0.3, 0.4) is 0 Å². The first-order valence-corrected chi connectivity index (χ1v) is 8.50. The van der Waals surface area contributed by atoms with Crippen LogP contribution in [0.25, 0.3) is 0 Å². The SMILES string of the molecule is CCC(c1cc(C(=O)c2ccccc2)ccc1O)P(=O)(O)O. The third-order valence-corrected chi connectivity index (χ3v) is 4.93. The van der Waals surface area contributed by atoms with E-state index in [-0.39, 0.29) is 29.1 Å². The van der Waals surface area contributed by atoms with Gasteiger partial charge in [0.05, 0.1) is 5.66 Å². The van der Waals surface area contributed by atoms with Crippen molar-refractivity contribution in [2.24, 2.45) is 0 Å². The molecule has 0 aliphatic rings. The molecule has 22 heavy (non-hydrogen) atoms. The second-order valence-corrected chi connectivity index (χ2v) is 6.78. The Morgan fingerprint density at radius 1 is 1.09 bits per heavy atom. The first kappa shape index (κ1) is 16.4. The molecule has 1 unspecified atom stereocenters. The molecule has 0 aromatic heterocycles. The zero-order valence-corrected chi connectivity index (χ0v) is 12.9. The van der Waals surface area contributed by atoms with Crippen LogP contribution in [-0.2, 0) is 4.57 Å². The maximum absolute atomic E-state index is 12.4. The lowest BCUT2D eigenvalue weighted by Gasteiger charge is -2.18. The van der Waals surface area contributed by atoms with Crippen molar-refractivity contribution in [2.45, 2.75) is 19.0 Å². The number of phenolic OH excluding ortho intramolecular Hbond substituents is 1. The molecule has 0 amide bonds. The van der Waals surface area contributed by atoms with Crippen molar-refractivity contribution in [3.8, 4) is 5.75 Å². The summed E-state index contributed by atoms with van der Waals surface area (Å²) >= 11 is 0. The topological polar surface area (TPSA) is 94.8 Å². The lowest BCUT2D eigenvalue weighted by molar-refractivity contribution is 0.103. The van der Waals surface area contributed by atoms with Crippen LogP contribution in [-0.4, -0.2) is 20.7 Å². The first-order chi connectivity index (χ1) is 10.3. The van der Waals surface area contributed by atoms with E-state index in [0.29, 0.717) is 5.56 Å². The van der Waals surface area contributed by atoms with E-state index in [0.717, 1.165) is 0 Å². The van der Waals surface area contributed by atoms with Gasteiger partial charge < -0.3 is 14.9 Å². The maximum atomic E-state index is 12.4. The molecule has 6 heteroatoms. The van der Waals surface area contributed by atoms with E-state index in [4.69, 9.17) is 0 Å². The van der Waals surface area contributed by atoms with Crippen molar-refractivity contribution in [1.82, 2.24) is 0 Å². The maximum Gasteiger partial charge on any atom is 0.333 e. The molecule has 1 atom stereocenters. The fourth-order valence-electron chi connectivity index (χ4n) is 2.36. The summed E-state index contributed by atoms with van der Waals surface area (Å²) in [6.45, 7) is 1.62. The first-order valence-electron chi connectivity index (χ1n) is 6.82. The van der Waals surface area contributed by atoms with Crippen LogP contribution < -0.4 is 0 Å². The number of carbonyl (C=O) groups is 1. The van der Waals surface area contributed by atoms with Gasteiger partial charge in [-0.2, -0.15) is 0 Å². The molecule has 2 aromatic rings. The predicted octanol–water partition coefficient (Wildman–Crippen LogP) is 3.25. The van der Waals surface area contributed by atoms with Crippen molar-refractivity contribution >= 4 is 13.4 Å². The molecule has 0 fully saturated rings. The highest BCUT2D eigenvalue weighted by Gasteiger charge is 2.31. The lowest BCUT2D eigenvalue weighted by atomic mass is 9.99. The summed E-state index contributed by atoms with van der Waals surface area (Å²) < 4.78 is 11.6. The third-order valence-electron chi connectivity index (χ3n) is 3.48. The highest BCUT2D eigenvalue weighted by Crippen LogP contribution is 2.55. The van der Waals surface area contributed by atoms with Crippen molar-refractivity contribution < 1.29 is 24.3 Å². The summed E-state index contributed by atoms with van der Waals surface area (Å²) in [7, 11) is -4.42. The Labute approximate surface area is 128 Å². The van der Waals surface area contributed by atoms with Crippen LogP contribution in [0.15, 0.2) is 48.5 Å². The molecule has 116 valence electrons. The highest BCUT2D eigenvalue weighted by atomic mass is 31.2. The minimum Gasteiger partial charge on any atom is -0.508 e. The molecular weight excluding hydrogens is 303 g/mol. The molecule has 0 radical (unpaired) electrons. The smallest absolute Gasteiger partial charge is 0.333 e. The van der Waals surface area contributed by atoms with Crippen molar-refractivity contribution in [2.75, 3.05) is 0 Å². The van der Waals surface area contributed by atoms with Gasteiger partial charge in [0.15, 0.2) is 5.78 Å². The number of hydrogen-bond acceptors (Lipinski definition) is 3. The van der Waals surface area contributed by atoms with Crippen LogP contribution in [0, 0.1) is 0 Å². The number of benzene rings is 2. The molecule has 0 heterocycles. The molecule has 0 saturated carbocycles. The van der Waals surface area contributed by atoms with Crippen molar-refractivity contribution in [3.05, 3.63) is 65.2 Å². The summed E-state index contributed by atoms with van der Waals surface area (Å²) in [6, 6.07) is 12.7. The Hall–Kier alpha value is -1.94. The molecule has 0 spiro atoms. The number of rotatable bonds is 5. The molecule has 2 rings (SSSR count). The van der Waals surface area contributed by atoms with Crippen LogP contribution in [0.4, 0.5) is 0 Å². The van der Waals surface area contributed by atoms with E-state index in [9.17, 15) is 24.3 Å². The average molecular weight is 320 g/mol. The third kappa shape index (κ3) is 3.45. The Morgan fingerprint density at radius 2 is 1.73 bits per heavy atom. The molecule has 5 nitrogen and oxygen atoms in total. The van der Waals surface area contributed by atoms with Crippen LogP contribution in [0.2, 0.25) is 0 Å². The van der Waals surface area contributed by atoms with Crippen LogP contribution in [0.1, 0.15) is 40.5 Å². The summed E-state index contributed by atoms with van der Waals surface area (Å²) in [5.74, 6) is -0.484. The Morgan fingerprint density at radius 3 is 2.27 bits per heavy atom. The number of hydrogen-bond donors (Lipinski definition) is 3. The minimum absolute atomic E-state index is 0.0950. The van der Waals surface area contributed by atoms with E-state index in [2.05, 4.69) is 0 Å². The molecule has 0 aliphatic carbocycles. The van der Waals surface area contributed by atoms with Gasteiger partial charge in [0, 0.05) is 16.7 Å². The van der Waals surface area contributed by atoms with Crippen molar-refractivity contribution in [1.29, 1.82) is 0 Å². The van der Waals surface area contributed by atoms with Gasteiger partial charge >= 0.3 is 7.60 Å². The highest BCUT2D eigenvalue weighted by molar-refractivity contribution is 7.52. The second-order valence-electron chi connectivity index (χ2n) is 4.98. The Kier molecular flexibility index (Phi) is 4.81. The van der Waals surface area contributed by atoms with Crippen LogP contribution >= 0.6 is 7.60 Å². The fraction of sp³-hybridized carbons (Fsp3) is 0.188. The summed E-state index contributed by atoms with van der Waals surface area (Å²) in [6.07, 6.45) is 0.154. The quantitative estimate of drug-likeness (QED) is 0.580. The number of ketones is 1. The lowest BCUT2D eigenvalue weighted by Crippen LogP contribution is -2.05. The van der Waals surface area contributed by atoms with Crippen molar-refractivity contribution in [3.63, 3.8) is 0 Å². The van der Waals surface area contributed by atoms with E-state index >= 15 is 0 Å². The molecule has 0 saturated heterocycles. The Bertz CT molecular complexity index is 721. The normalized spacial score (nSPS) is 12.9. The number of phenols is 1. The van der Waals surface area contributed by atoms with E-state index in [1.807, 2.05) is 0 Å². The van der Waals surface area contributed by atoms with Gasteiger partial charge in [0.2, 0.25) is 0 Å². The molecule has 0 bridgehead atoms. The van der Waals surface area contributed by atoms with Gasteiger partial charge in [-0.1, -0.05) is 37.3 Å². The monoisotopic (exact) mass is 320 g/mol. The molecule has 2 aromatic carbocycles. The average Bonchev–Trinajstić information content (AvgIpc) is 2.48. The number of carbonyl (C=O) groups excluding carboxylic acids is 1. The van der Waals surface area contributed by atoms with Gasteiger partial charge in [0.25, 0.3) is 0 Å². The largest absolute Gasteiger partial charge is 0.508 e. The van der Waals surface area contributed by atoms with Gasteiger partial charge in [0.1, 0.15) is 5.75 Å². The summed E-state index contributed by atoms with van der Waals surface area (Å²) in [5.41, 5.74) is -0.275. The Balaban J connectivity index is 2.47. The zero-order valence-electron chi connectivity index (χ0n) is 12.0. The molecule has 3 N–H and O–H groups in total. The molecular formula is C16H17O5P. The second kappa shape index (κ2) is 6.44. The number of aromatic hydroxyl groups is 1. The standard InChI is InChI=1S/C16H17O5P/c1-2-15(22(19,20)21)13-10-12(8-9-14(13)17)16(18)11-6-4-3-5-7-11/h3-10,15,17H,2H2,1H3,(H2,19,20,21). The summed E-state index contributed by atoms with van der Waals surface area (Å²) in [4.78, 5) is 31.2. The van der Waals surface area contributed by atoms with Gasteiger partial charge in [-0.05, 0) is 24.6 Å². The fourth-order valence-corrected chi connectivity index (χ4v) is 3.40. The van der Waals surface area contributed by atoms with Gasteiger partial charge in [-0.15, -0.1) is 0 Å².